The summed E-state index contributed by atoms with van der Waals surface area (Å²) in [6.45, 7) is 5.81. The van der Waals surface area contributed by atoms with Crippen LogP contribution in [0.15, 0.2) is 60.8 Å². The summed E-state index contributed by atoms with van der Waals surface area (Å²) in [5.41, 5.74) is 4.00. The van der Waals surface area contributed by atoms with Gasteiger partial charge in [-0.25, -0.2) is 18.7 Å². The maximum Gasteiger partial charge on any atom is 0.246 e. The Kier molecular flexibility index (Phi) is 7.13. The molecule has 0 spiro atoms. The molecule has 0 fully saturated rings. The first kappa shape index (κ1) is 28.7. The van der Waals surface area contributed by atoms with E-state index < -0.39 is 11.6 Å². The second kappa shape index (κ2) is 11.2. The number of rotatable bonds is 7. The van der Waals surface area contributed by atoms with Crippen LogP contribution < -0.4 is 4.74 Å². The molecule has 1 aliphatic heterocycles. The number of benzene rings is 1. The van der Waals surface area contributed by atoms with E-state index in [9.17, 15) is 14.3 Å². The van der Waals surface area contributed by atoms with Crippen molar-refractivity contribution in [2.75, 3.05) is 13.2 Å². The summed E-state index contributed by atoms with van der Waals surface area (Å²) < 4.78 is 40.3. The SMILES string of the molecule is C=CC(=O)N1Cc2cc(-c3nc(-c4cnc5c(cnn5C)c4)c4ccsc4c3-c3c(F)cc(F)cc3OCCO)nn2CC1C. The molecule has 0 saturated carbocycles. The molecule has 6 aromatic rings. The molecule has 45 heavy (non-hydrogen) atoms. The molecule has 1 aromatic carbocycles. The summed E-state index contributed by atoms with van der Waals surface area (Å²) in [5.74, 6) is -1.90. The third kappa shape index (κ3) is 4.84. The number of hydrogen-bond acceptors (Lipinski definition) is 8. The van der Waals surface area contributed by atoms with E-state index >= 15 is 4.39 Å². The predicted octanol–water partition coefficient (Wildman–Crippen LogP) is 5.34. The topological polar surface area (TPSA) is 111 Å². The van der Waals surface area contributed by atoms with Crippen LogP contribution in [0.25, 0.3) is 54.9 Å². The molecule has 0 aliphatic carbocycles. The van der Waals surface area contributed by atoms with E-state index in [1.54, 1.807) is 22.0 Å². The van der Waals surface area contributed by atoms with Crippen molar-refractivity contribution in [2.45, 2.75) is 26.1 Å². The molecule has 0 radical (unpaired) electrons. The Balaban J connectivity index is 1.51. The van der Waals surface area contributed by atoms with Gasteiger partial charge in [-0.1, -0.05) is 6.58 Å². The number of ether oxygens (including phenoxy) is 1. The number of pyridine rings is 2. The number of carbonyl (C=O) groups is 1. The first-order valence-electron chi connectivity index (χ1n) is 14.2. The minimum atomic E-state index is -0.841. The molecular formula is C32H27F2N7O3S. The summed E-state index contributed by atoms with van der Waals surface area (Å²) in [6, 6.07) is 7.45. The molecule has 228 valence electrons. The van der Waals surface area contributed by atoms with Crippen LogP contribution in [0.4, 0.5) is 8.78 Å². The van der Waals surface area contributed by atoms with Crippen molar-refractivity contribution >= 4 is 38.4 Å². The van der Waals surface area contributed by atoms with Gasteiger partial charge in [0.25, 0.3) is 0 Å². The predicted molar refractivity (Wildman–Crippen MR) is 166 cm³/mol. The van der Waals surface area contributed by atoms with Crippen LogP contribution in [-0.2, 0) is 24.9 Å². The Morgan fingerprint density at radius 3 is 2.84 bits per heavy atom. The zero-order chi connectivity index (χ0) is 31.4. The number of nitrogens with zero attached hydrogens (tertiary/aromatic N) is 7. The van der Waals surface area contributed by atoms with E-state index in [4.69, 9.17) is 14.8 Å². The zero-order valence-electron chi connectivity index (χ0n) is 24.4. The van der Waals surface area contributed by atoms with E-state index in [1.165, 1.54) is 17.4 Å². The highest BCUT2D eigenvalue weighted by atomic mass is 32.1. The van der Waals surface area contributed by atoms with Gasteiger partial charge < -0.3 is 14.7 Å². The number of thiophene rings is 1. The van der Waals surface area contributed by atoms with Crippen molar-refractivity contribution in [1.29, 1.82) is 0 Å². The molecule has 6 heterocycles. The first-order valence-corrected chi connectivity index (χ1v) is 15.1. The molecule has 13 heteroatoms. The van der Waals surface area contributed by atoms with E-state index in [-0.39, 0.29) is 36.5 Å². The fourth-order valence-corrected chi connectivity index (χ4v) is 6.79. The van der Waals surface area contributed by atoms with Crippen molar-refractivity contribution in [1.82, 2.24) is 34.4 Å². The van der Waals surface area contributed by atoms with Crippen LogP contribution in [-0.4, -0.2) is 64.7 Å². The van der Waals surface area contributed by atoms with Gasteiger partial charge >= 0.3 is 0 Å². The minimum absolute atomic E-state index is 0.00925. The minimum Gasteiger partial charge on any atom is -0.490 e. The lowest BCUT2D eigenvalue weighted by Crippen LogP contribution is -2.44. The summed E-state index contributed by atoms with van der Waals surface area (Å²) in [6.07, 6.45) is 4.74. The van der Waals surface area contributed by atoms with Crippen molar-refractivity contribution in [3.8, 4) is 39.5 Å². The molecule has 1 aliphatic rings. The highest BCUT2D eigenvalue weighted by Crippen LogP contribution is 2.47. The lowest BCUT2D eigenvalue weighted by Gasteiger charge is -2.33. The number of fused-ring (bicyclic) bond motifs is 3. The molecule has 10 nitrogen and oxygen atoms in total. The molecule has 0 bridgehead atoms. The number of aliphatic hydroxyl groups excluding tert-OH is 1. The fraction of sp³-hybridized carbons (Fsp3) is 0.219. The first-order chi connectivity index (χ1) is 21.8. The number of carbonyl (C=O) groups excluding carboxylic acids is 1. The van der Waals surface area contributed by atoms with Gasteiger partial charge in [-0.05, 0) is 36.6 Å². The van der Waals surface area contributed by atoms with Crippen LogP contribution in [0.3, 0.4) is 0 Å². The molecule has 7 rings (SSSR count). The van der Waals surface area contributed by atoms with Gasteiger partial charge in [0.2, 0.25) is 5.91 Å². The number of aryl methyl sites for hydroxylation is 1. The quantitative estimate of drug-likeness (QED) is 0.238. The summed E-state index contributed by atoms with van der Waals surface area (Å²) in [5, 5.41) is 22.1. The normalized spacial score (nSPS) is 14.7. The molecule has 1 atom stereocenters. The Labute approximate surface area is 259 Å². The number of amides is 1. The van der Waals surface area contributed by atoms with Crippen molar-refractivity contribution < 1.29 is 23.4 Å². The smallest absolute Gasteiger partial charge is 0.246 e. The number of aliphatic hydroxyl groups is 1. The highest BCUT2D eigenvalue weighted by Gasteiger charge is 2.30. The fourth-order valence-electron chi connectivity index (χ4n) is 5.85. The van der Waals surface area contributed by atoms with Crippen LogP contribution in [0.5, 0.6) is 5.75 Å². The summed E-state index contributed by atoms with van der Waals surface area (Å²) >= 11 is 1.38. The van der Waals surface area contributed by atoms with E-state index in [0.29, 0.717) is 46.1 Å². The molecule has 1 unspecified atom stereocenters. The maximum atomic E-state index is 15.9. The lowest BCUT2D eigenvalue weighted by atomic mass is 9.96. The average molecular weight is 628 g/mol. The van der Waals surface area contributed by atoms with Crippen LogP contribution >= 0.6 is 11.3 Å². The Morgan fingerprint density at radius 2 is 2.04 bits per heavy atom. The van der Waals surface area contributed by atoms with Crippen LogP contribution in [0.2, 0.25) is 0 Å². The molecule has 1 amide bonds. The Bertz CT molecular complexity index is 2140. The monoisotopic (exact) mass is 627 g/mol. The maximum absolute atomic E-state index is 15.9. The zero-order valence-corrected chi connectivity index (χ0v) is 25.2. The lowest BCUT2D eigenvalue weighted by molar-refractivity contribution is -0.129. The standard InChI is InChI=1S/C32H27F2N7O3S/c1-4-26(43)40-16-21-12-24(38-41(21)15-17(40)2)30-28(27-23(34)10-20(33)11-25(27)44-7-6-42)31-22(5-8-45-31)29(37-30)18-9-19-14-36-39(3)32(19)35-13-18/h4-5,8-14,17,42H,1,6-7,15-16H2,2-3H3. The largest absolute Gasteiger partial charge is 0.490 e. The number of aromatic nitrogens is 6. The van der Waals surface area contributed by atoms with Gasteiger partial charge in [0.05, 0.1) is 42.8 Å². The second-order valence-electron chi connectivity index (χ2n) is 10.8. The molecule has 0 saturated heterocycles. The van der Waals surface area contributed by atoms with E-state index in [0.717, 1.165) is 34.2 Å². The van der Waals surface area contributed by atoms with Gasteiger partial charge in [-0.3, -0.25) is 14.2 Å². The van der Waals surface area contributed by atoms with Gasteiger partial charge in [0.15, 0.2) is 5.65 Å². The van der Waals surface area contributed by atoms with E-state index in [1.807, 2.05) is 42.2 Å². The van der Waals surface area contributed by atoms with E-state index in [2.05, 4.69) is 16.7 Å². The van der Waals surface area contributed by atoms with Crippen LogP contribution in [0.1, 0.15) is 12.6 Å². The average Bonchev–Trinajstić information content (AvgIpc) is 3.77. The number of hydrogen-bond donors (Lipinski definition) is 1. The molecular weight excluding hydrogens is 600 g/mol. The molecule has 5 aromatic heterocycles. The second-order valence-corrected chi connectivity index (χ2v) is 11.7. The number of halogens is 2. The van der Waals surface area contributed by atoms with Crippen molar-refractivity contribution in [3.05, 3.63) is 78.1 Å². The summed E-state index contributed by atoms with van der Waals surface area (Å²) in [7, 11) is 1.82. The van der Waals surface area contributed by atoms with Gasteiger partial charge in [0, 0.05) is 58.0 Å². The van der Waals surface area contributed by atoms with Crippen molar-refractivity contribution in [2.24, 2.45) is 7.05 Å². The van der Waals surface area contributed by atoms with Gasteiger partial charge in [-0.2, -0.15) is 10.2 Å². The van der Waals surface area contributed by atoms with Crippen molar-refractivity contribution in [3.63, 3.8) is 0 Å². The third-order valence-electron chi connectivity index (χ3n) is 7.94. The molecule has 1 N–H and O–H groups in total. The van der Waals surface area contributed by atoms with Gasteiger partial charge in [0.1, 0.15) is 35.4 Å². The van der Waals surface area contributed by atoms with Crippen LogP contribution in [0, 0.1) is 11.6 Å². The Hall–Kier alpha value is -5.01. The highest BCUT2D eigenvalue weighted by molar-refractivity contribution is 7.18. The van der Waals surface area contributed by atoms with Gasteiger partial charge in [-0.15, -0.1) is 11.3 Å². The summed E-state index contributed by atoms with van der Waals surface area (Å²) in [4.78, 5) is 24.0. The third-order valence-corrected chi connectivity index (χ3v) is 8.87. The Morgan fingerprint density at radius 1 is 1.20 bits per heavy atom.